The van der Waals surface area contributed by atoms with Crippen molar-refractivity contribution in [3.63, 3.8) is 0 Å². The number of benzene rings is 1. The predicted octanol–water partition coefficient (Wildman–Crippen LogP) is 2.46. The highest BCUT2D eigenvalue weighted by atomic mass is 16.5. The van der Waals surface area contributed by atoms with E-state index in [4.69, 9.17) is 9.47 Å². The van der Waals surface area contributed by atoms with Crippen LogP contribution >= 0.6 is 0 Å². The molecule has 0 atom stereocenters. The zero-order valence-electron chi connectivity index (χ0n) is 12.0. The first-order valence-electron chi connectivity index (χ1n) is 6.47. The quantitative estimate of drug-likeness (QED) is 0.876. The molecule has 0 aliphatic rings. The minimum Gasteiger partial charge on any atom is -0.497 e. The summed E-state index contributed by atoms with van der Waals surface area (Å²) in [4.78, 5) is 8.47. The van der Waals surface area contributed by atoms with Crippen molar-refractivity contribution in [2.75, 3.05) is 26.1 Å². The van der Waals surface area contributed by atoms with E-state index in [0.29, 0.717) is 11.7 Å². The van der Waals surface area contributed by atoms with Gasteiger partial charge in [0, 0.05) is 12.6 Å². The zero-order chi connectivity index (χ0) is 14.4. The van der Waals surface area contributed by atoms with Gasteiger partial charge in [-0.3, -0.25) is 0 Å². The van der Waals surface area contributed by atoms with Gasteiger partial charge in [0.1, 0.15) is 17.4 Å². The number of methoxy groups -OCH3 is 2. The molecule has 0 radical (unpaired) electrons. The second-order valence-electron chi connectivity index (χ2n) is 4.37. The van der Waals surface area contributed by atoms with Gasteiger partial charge in [0.2, 0.25) is 5.88 Å². The Morgan fingerprint density at radius 3 is 2.45 bits per heavy atom. The summed E-state index contributed by atoms with van der Waals surface area (Å²) in [6.45, 7) is 2.64. The first-order valence-corrected chi connectivity index (χ1v) is 6.47. The molecule has 5 heteroatoms. The lowest BCUT2D eigenvalue weighted by Crippen LogP contribution is -2.07. The molecular weight excluding hydrogens is 254 g/mol. The van der Waals surface area contributed by atoms with E-state index in [9.17, 15) is 0 Å². The molecule has 0 bridgehead atoms. The van der Waals surface area contributed by atoms with Gasteiger partial charge < -0.3 is 14.8 Å². The number of aryl methyl sites for hydroxylation is 1. The molecule has 0 saturated heterocycles. The number of rotatable bonds is 6. The van der Waals surface area contributed by atoms with Crippen molar-refractivity contribution in [2.24, 2.45) is 0 Å². The monoisotopic (exact) mass is 273 g/mol. The topological polar surface area (TPSA) is 56.3 Å². The number of hydrogen-bond acceptors (Lipinski definition) is 5. The molecule has 0 spiro atoms. The van der Waals surface area contributed by atoms with Crippen LogP contribution in [-0.2, 0) is 6.42 Å². The van der Waals surface area contributed by atoms with Crippen LogP contribution in [0.15, 0.2) is 30.3 Å². The van der Waals surface area contributed by atoms with Crippen molar-refractivity contribution < 1.29 is 9.47 Å². The largest absolute Gasteiger partial charge is 0.497 e. The van der Waals surface area contributed by atoms with Gasteiger partial charge in [-0.1, -0.05) is 12.1 Å². The third kappa shape index (κ3) is 3.85. The molecule has 20 heavy (non-hydrogen) atoms. The highest BCUT2D eigenvalue weighted by molar-refractivity contribution is 5.38. The summed E-state index contributed by atoms with van der Waals surface area (Å²) in [5.74, 6) is 2.92. The van der Waals surface area contributed by atoms with Crippen molar-refractivity contribution >= 4 is 5.82 Å². The van der Waals surface area contributed by atoms with E-state index in [-0.39, 0.29) is 0 Å². The van der Waals surface area contributed by atoms with Gasteiger partial charge in [-0.2, -0.15) is 4.98 Å². The lowest BCUT2D eigenvalue weighted by molar-refractivity contribution is 0.396. The summed E-state index contributed by atoms with van der Waals surface area (Å²) < 4.78 is 10.3. The van der Waals surface area contributed by atoms with Crippen LogP contribution in [0.25, 0.3) is 0 Å². The molecule has 0 aliphatic heterocycles. The van der Waals surface area contributed by atoms with E-state index in [1.54, 1.807) is 20.3 Å². The predicted molar refractivity (Wildman–Crippen MR) is 78.5 cm³/mol. The molecule has 0 saturated carbocycles. The van der Waals surface area contributed by atoms with Crippen molar-refractivity contribution in [1.82, 2.24) is 9.97 Å². The lowest BCUT2D eigenvalue weighted by Gasteiger charge is -2.08. The maximum absolute atomic E-state index is 5.14. The van der Waals surface area contributed by atoms with Crippen molar-refractivity contribution in [3.8, 4) is 11.6 Å². The number of ether oxygens (including phenoxy) is 2. The van der Waals surface area contributed by atoms with Crippen molar-refractivity contribution in [1.29, 1.82) is 0 Å². The Labute approximate surface area is 119 Å². The maximum Gasteiger partial charge on any atom is 0.218 e. The molecule has 0 unspecified atom stereocenters. The van der Waals surface area contributed by atoms with E-state index < -0.39 is 0 Å². The van der Waals surface area contributed by atoms with Crippen LogP contribution in [0.3, 0.4) is 0 Å². The van der Waals surface area contributed by atoms with Crippen LogP contribution in [0, 0.1) is 6.92 Å². The third-order valence-electron chi connectivity index (χ3n) is 2.90. The minimum atomic E-state index is 0.574. The average Bonchev–Trinajstić information content (AvgIpc) is 2.47. The molecule has 1 N–H and O–H groups in total. The Kier molecular flexibility index (Phi) is 4.76. The Balaban J connectivity index is 1.90. The van der Waals surface area contributed by atoms with Gasteiger partial charge in [0.25, 0.3) is 0 Å². The first kappa shape index (κ1) is 14.1. The maximum atomic E-state index is 5.14. The van der Waals surface area contributed by atoms with Crippen LogP contribution < -0.4 is 14.8 Å². The van der Waals surface area contributed by atoms with Crippen LogP contribution in [0.2, 0.25) is 0 Å². The molecular formula is C15H19N3O2. The molecule has 2 rings (SSSR count). The summed E-state index contributed by atoms with van der Waals surface area (Å²) >= 11 is 0. The summed E-state index contributed by atoms with van der Waals surface area (Å²) in [6, 6.07) is 9.85. The fourth-order valence-electron chi connectivity index (χ4n) is 1.86. The highest BCUT2D eigenvalue weighted by Crippen LogP contribution is 2.14. The lowest BCUT2D eigenvalue weighted by atomic mass is 10.1. The zero-order valence-corrected chi connectivity index (χ0v) is 12.0. The molecule has 0 aliphatic carbocycles. The van der Waals surface area contributed by atoms with E-state index in [1.165, 1.54) is 5.56 Å². The number of aromatic nitrogens is 2. The summed E-state index contributed by atoms with van der Waals surface area (Å²) in [5.41, 5.74) is 1.25. The Bertz CT molecular complexity index is 556. The van der Waals surface area contributed by atoms with Crippen LogP contribution in [0.5, 0.6) is 11.6 Å². The fraction of sp³-hybridized carbons (Fsp3) is 0.333. The molecule has 0 amide bonds. The van der Waals surface area contributed by atoms with E-state index in [2.05, 4.69) is 27.4 Å². The molecule has 5 nitrogen and oxygen atoms in total. The van der Waals surface area contributed by atoms with E-state index >= 15 is 0 Å². The van der Waals surface area contributed by atoms with E-state index in [0.717, 1.165) is 24.5 Å². The Hall–Kier alpha value is -2.30. The second kappa shape index (κ2) is 6.75. The summed E-state index contributed by atoms with van der Waals surface area (Å²) in [6.07, 6.45) is 0.912. The van der Waals surface area contributed by atoms with Gasteiger partial charge in [-0.15, -0.1) is 0 Å². The molecule has 106 valence electrons. The molecule has 2 aromatic rings. The van der Waals surface area contributed by atoms with Gasteiger partial charge in [-0.05, 0) is 31.0 Å². The number of anilines is 1. The second-order valence-corrected chi connectivity index (χ2v) is 4.37. The smallest absolute Gasteiger partial charge is 0.218 e. The van der Waals surface area contributed by atoms with Gasteiger partial charge in [0.15, 0.2) is 0 Å². The normalized spacial score (nSPS) is 10.2. The minimum absolute atomic E-state index is 0.574. The number of hydrogen-bond donors (Lipinski definition) is 1. The Morgan fingerprint density at radius 1 is 1.05 bits per heavy atom. The standard InChI is InChI=1S/C15H19N3O2/c1-11-17-14(10-15(18-11)20-3)16-9-8-12-4-6-13(19-2)7-5-12/h4-7,10H,8-9H2,1-3H3,(H,16,17,18). The summed E-state index contributed by atoms with van der Waals surface area (Å²) in [5, 5.41) is 3.27. The van der Waals surface area contributed by atoms with Gasteiger partial charge >= 0.3 is 0 Å². The fourth-order valence-corrected chi connectivity index (χ4v) is 1.86. The van der Waals surface area contributed by atoms with Crippen molar-refractivity contribution in [3.05, 3.63) is 41.7 Å². The highest BCUT2D eigenvalue weighted by Gasteiger charge is 2.01. The van der Waals surface area contributed by atoms with Gasteiger partial charge in [-0.25, -0.2) is 4.98 Å². The molecule has 1 heterocycles. The van der Waals surface area contributed by atoms with Crippen LogP contribution in [0.4, 0.5) is 5.82 Å². The summed E-state index contributed by atoms with van der Waals surface area (Å²) in [7, 11) is 3.27. The van der Waals surface area contributed by atoms with Crippen LogP contribution in [0.1, 0.15) is 11.4 Å². The van der Waals surface area contributed by atoms with Crippen molar-refractivity contribution in [2.45, 2.75) is 13.3 Å². The first-order chi connectivity index (χ1) is 9.71. The molecule has 1 aromatic carbocycles. The molecule has 0 fully saturated rings. The Morgan fingerprint density at radius 2 is 1.80 bits per heavy atom. The van der Waals surface area contributed by atoms with Crippen LogP contribution in [-0.4, -0.2) is 30.7 Å². The third-order valence-corrected chi connectivity index (χ3v) is 2.90. The molecule has 1 aromatic heterocycles. The number of nitrogens with zero attached hydrogens (tertiary/aromatic N) is 2. The average molecular weight is 273 g/mol. The van der Waals surface area contributed by atoms with Gasteiger partial charge in [0.05, 0.1) is 14.2 Å². The van der Waals surface area contributed by atoms with E-state index in [1.807, 2.05) is 19.1 Å². The number of nitrogens with one attached hydrogen (secondary N) is 1. The SMILES string of the molecule is COc1ccc(CCNc2cc(OC)nc(C)n2)cc1.